The van der Waals surface area contributed by atoms with Gasteiger partial charge in [0, 0.05) is 31.4 Å². The number of carbonyl (C=O) groups is 2. The lowest BCUT2D eigenvalue weighted by molar-refractivity contribution is -0.127. The highest BCUT2D eigenvalue weighted by atomic mass is 35.5. The first-order chi connectivity index (χ1) is 11.7. The van der Waals surface area contributed by atoms with Gasteiger partial charge in [-0.3, -0.25) is 4.79 Å². The molecule has 1 aliphatic heterocycles. The molecule has 2 aliphatic rings. The van der Waals surface area contributed by atoms with Gasteiger partial charge in [-0.2, -0.15) is 0 Å². The fourth-order valence-electron chi connectivity index (χ4n) is 3.27. The predicted molar refractivity (Wildman–Crippen MR) is 101 cm³/mol. The summed E-state index contributed by atoms with van der Waals surface area (Å²) in [7, 11) is 0. The van der Waals surface area contributed by atoms with Gasteiger partial charge in [0.25, 0.3) is 0 Å². The topological polar surface area (TPSA) is 87.5 Å². The standard InChI is InChI=1S/C18H26N4O2.ClH/c19-11-16(13-8-9-13)21-17(23)14-5-4-10-22(12-14)18(24)20-15-6-2-1-3-7-15;/h1-3,6-7,13-14,16H,4-5,8-12,19H2,(H,20,24)(H,21,23);1H. The van der Waals surface area contributed by atoms with Crippen molar-refractivity contribution in [3.8, 4) is 0 Å². The molecule has 6 nitrogen and oxygen atoms in total. The largest absolute Gasteiger partial charge is 0.352 e. The van der Waals surface area contributed by atoms with Crippen molar-refractivity contribution in [3.63, 3.8) is 0 Å². The van der Waals surface area contributed by atoms with E-state index in [0.29, 0.717) is 25.6 Å². The molecule has 0 radical (unpaired) electrons. The second-order valence-corrected chi connectivity index (χ2v) is 6.77. The Labute approximate surface area is 154 Å². The van der Waals surface area contributed by atoms with Crippen molar-refractivity contribution in [2.75, 3.05) is 25.0 Å². The number of amides is 3. The first kappa shape index (κ1) is 19.5. The lowest BCUT2D eigenvalue weighted by Gasteiger charge is -2.33. The smallest absolute Gasteiger partial charge is 0.321 e. The Hall–Kier alpha value is -1.79. The molecule has 3 amide bonds. The number of rotatable bonds is 5. The Morgan fingerprint density at radius 2 is 1.92 bits per heavy atom. The van der Waals surface area contributed by atoms with Gasteiger partial charge in [0.05, 0.1) is 5.92 Å². The molecular weight excluding hydrogens is 340 g/mol. The van der Waals surface area contributed by atoms with Crippen molar-refractivity contribution < 1.29 is 9.59 Å². The number of likely N-dealkylation sites (tertiary alicyclic amines) is 1. The lowest BCUT2D eigenvalue weighted by atomic mass is 9.96. The highest BCUT2D eigenvalue weighted by Crippen LogP contribution is 2.32. The van der Waals surface area contributed by atoms with Gasteiger partial charge >= 0.3 is 6.03 Å². The van der Waals surface area contributed by atoms with Crippen LogP contribution in [-0.2, 0) is 4.79 Å². The van der Waals surface area contributed by atoms with Crippen LogP contribution in [0, 0.1) is 11.8 Å². The Bertz CT molecular complexity index is 580. The van der Waals surface area contributed by atoms with E-state index in [1.165, 1.54) is 0 Å². The Kier molecular flexibility index (Phi) is 7.08. The van der Waals surface area contributed by atoms with E-state index in [9.17, 15) is 9.59 Å². The number of nitrogens with one attached hydrogen (secondary N) is 2. The highest BCUT2D eigenvalue weighted by molar-refractivity contribution is 5.90. The van der Waals surface area contributed by atoms with Gasteiger partial charge in [-0.05, 0) is 43.7 Å². The first-order valence-corrected chi connectivity index (χ1v) is 8.79. The summed E-state index contributed by atoms with van der Waals surface area (Å²) in [5.74, 6) is 0.433. The number of anilines is 1. The third-order valence-corrected chi connectivity index (χ3v) is 4.88. The summed E-state index contributed by atoms with van der Waals surface area (Å²) >= 11 is 0. The molecule has 4 N–H and O–H groups in total. The minimum atomic E-state index is -0.145. The molecule has 1 saturated carbocycles. The summed E-state index contributed by atoms with van der Waals surface area (Å²) in [6.45, 7) is 1.64. The zero-order chi connectivity index (χ0) is 16.9. The maximum absolute atomic E-state index is 12.5. The number of hydrogen-bond acceptors (Lipinski definition) is 3. The van der Waals surface area contributed by atoms with Crippen LogP contribution in [0.2, 0.25) is 0 Å². The van der Waals surface area contributed by atoms with Crippen molar-refractivity contribution in [1.29, 1.82) is 0 Å². The molecule has 138 valence electrons. The van der Waals surface area contributed by atoms with Gasteiger partial charge in [0.2, 0.25) is 5.91 Å². The van der Waals surface area contributed by atoms with E-state index in [2.05, 4.69) is 10.6 Å². The molecule has 2 atom stereocenters. The number of nitrogens with zero attached hydrogens (tertiary/aromatic N) is 1. The minimum absolute atomic E-state index is 0. The van der Waals surface area contributed by atoms with Crippen LogP contribution in [-0.4, -0.2) is 42.5 Å². The van der Waals surface area contributed by atoms with Crippen molar-refractivity contribution in [1.82, 2.24) is 10.2 Å². The monoisotopic (exact) mass is 366 g/mol. The molecule has 1 aliphatic carbocycles. The van der Waals surface area contributed by atoms with Crippen LogP contribution < -0.4 is 16.4 Å². The summed E-state index contributed by atoms with van der Waals surface area (Å²) in [5, 5.41) is 5.97. The zero-order valence-corrected chi connectivity index (χ0v) is 15.1. The number of halogens is 1. The quantitative estimate of drug-likeness (QED) is 0.746. The molecule has 0 spiro atoms. The number of carbonyl (C=O) groups excluding carboxylic acids is 2. The van der Waals surface area contributed by atoms with Crippen LogP contribution in [0.3, 0.4) is 0 Å². The molecule has 1 aromatic rings. The van der Waals surface area contributed by atoms with E-state index in [-0.39, 0.29) is 36.3 Å². The average Bonchev–Trinajstić information content (AvgIpc) is 3.45. The third-order valence-electron chi connectivity index (χ3n) is 4.88. The Morgan fingerprint density at radius 3 is 2.56 bits per heavy atom. The van der Waals surface area contributed by atoms with Crippen LogP contribution in [0.15, 0.2) is 30.3 Å². The maximum atomic E-state index is 12.5. The van der Waals surface area contributed by atoms with Crippen molar-refractivity contribution >= 4 is 30.0 Å². The fraction of sp³-hybridized carbons (Fsp3) is 0.556. The van der Waals surface area contributed by atoms with E-state index in [1.54, 1.807) is 4.90 Å². The van der Waals surface area contributed by atoms with Gasteiger partial charge < -0.3 is 21.3 Å². The molecule has 2 fully saturated rings. The van der Waals surface area contributed by atoms with Gasteiger partial charge in [-0.15, -0.1) is 12.4 Å². The second kappa shape index (κ2) is 9.06. The molecule has 3 rings (SSSR count). The normalized spacial score (nSPS) is 21.0. The van der Waals surface area contributed by atoms with E-state index in [0.717, 1.165) is 31.4 Å². The Morgan fingerprint density at radius 1 is 1.20 bits per heavy atom. The summed E-state index contributed by atoms with van der Waals surface area (Å²) in [4.78, 5) is 26.6. The molecule has 7 heteroatoms. The zero-order valence-electron chi connectivity index (χ0n) is 14.3. The summed E-state index contributed by atoms with van der Waals surface area (Å²) in [5.41, 5.74) is 6.53. The van der Waals surface area contributed by atoms with E-state index in [1.807, 2.05) is 30.3 Å². The maximum Gasteiger partial charge on any atom is 0.321 e. The highest BCUT2D eigenvalue weighted by Gasteiger charge is 2.34. The van der Waals surface area contributed by atoms with Gasteiger partial charge in [-0.25, -0.2) is 4.79 Å². The van der Waals surface area contributed by atoms with Crippen LogP contribution in [0.4, 0.5) is 10.5 Å². The van der Waals surface area contributed by atoms with E-state index >= 15 is 0 Å². The minimum Gasteiger partial charge on any atom is -0.352 e. The van der Waals surface area contributed by atoms with Crippen LogP contribution in [0.25, 0.3) is 0 Å². The van der Waals surface area contributed by atoms with Gasteiger partial charge in [0.1, 0.15) is 0 Å². The molecule has 25 heavy (non-hydrogen) atoms. The molecule has 0 aromatic heterocycles. The molecule has 0 bridgehead atoms. The number of nitrogens with two attached hydrogens (primary N) is 1. The SMILES string of the molecule is Cl.NCC(NC(=O)C1CCCN(C(=O)Nc2ccccc2)C1)C1CC1. The fourth-order valence-corrected chi connectivity index (χ4v) is 3.27. The molecular formula is C18H27ClN4O2. The van der Waals surface area contributed by atoms with Crippen LogP contribution in [0.1, 0.15) is 25.7 Å². The predicted octanol–water partition coefficient (Wildman–Crippen LogP) is 2.21. The third kappa shape index (κ3) is 5.34. The summed E-state index contributed by atoms with van der Waals surface area (Å²) < 4.78 is 0. The molecule has 1 saturated heterocycles. The number of benzene rings is 1. The van der Waals surface area contributed by atoms with Crippen LogP contribution >= 0.6 is 12.4 Å². The summed E-state index contributed by atoms with van der Waals surface area (Å²) in [6.07, 6.45) is 3.97. The molecule has 1 aromatic carbocycles. The number of para-hydroxylation sites is 1. The average molecular weight is 367 g/mol. The summed E-state index contributed by atoms with van der Waals surface area (Å²) in [6, 6.07) is 9.33. The van der Waals surface area contributed by atoms with Crippen LogP contribution in [0.5, 0.6) is 0 Å². The Balaban J connectivity index is 0.00000225. The van der Waals surface area contributed by atoms with Crippen molar-refractivity contribution in [2.45, 2.75) is 31.7 Å². The van der Waals surface area contributed by atoms with Gasteiger partial charge in [-0.1, -0.05) is 18.2 Å². The van der Waals surface area contributed by atoms with Crippen molar-refractivity contribution in [2.24, 2.45) is 17.6 Å². The number of urea groups is 1. The first-order valence-electron chi connectivity index (χ1n) is 8.79. The van der Waals surface area contributed by atoms with Crippen molar-refractivity contribution in [3.05, 3.63) is 30.3 Å². The number of piperidine rings is 1. The van der Waals surface area contributed by atoms with E-state index < -0.39 is 0 Å². The lowest BCUT2D eigenvalue weighted by Crippen LogP contribution is -2.50. The van der Waals surface area contributed by atoms with Gasteiger partial charge in [0.15, 0.2) is 0 Å². The molecule has 2 unspecified atom stereocenters. The number of hydrogen-bond donors (Lipinski definition) is 3. The second-order valence-electron chi connectivity index (χ2n) is 6.77. The molecule has 1 heterocycles. The van der Waals surface area contributed by atoms with E-state index in [4.69, 9.17) is 5.73 Å².